The number of hydrogen-bond acceptors (Lipinski definition) is 3. The van der Waals surface area contributed by atoms with E-state index in [9.17, 15) is 14.4 Å². The number of amides is 2. The summed E-state index contributed by atoms with van der Waals surface area (Å²) in [6, 6.07) is 0. The Labute approximate surface area is 75.3 Å². The van der Waals surface area contributed by atoms with Crippen molar-refractivity contribution in [2.75, 3.05) is 6.54 Å². The lowest BCUT2D eigenvalue weighted by Crippen LogP contribution is -2.40. The Morgan fingerprint density at radius 2 is 1.92 bits per heavy atom. The quantitative estimate of drug-likeness (QED) is 0.663. The minimum Gasteiger partial charge on any atom is -0.480 e. The summed E-state index contributed by atoms with van der Waals surface area (Å²) >= 11 is 0. The summed E-state index contributed by atoms with van der Waals surface area (Å²) < 4.78 is 0. The third-order valence-electron chi connectivity index (χ3n) is 1.87. The van der Waals surface area contributed by atoms with Crippen LogP contribution in [0.3, 0.4) is 0 Å². The second kappa shape index (κ2) is 3.55. The Morgan fingerprint density at radius 3 is 2.23 bits per heavy atom. The highest BCUT2D eigenvalue weighted by Gasteiger charge is 2.35. The monoisotopic (exact) mass is 185 g/mol. The molecule has 72 valence electrons. The van der Waals surface area contributed by atoms with Crippen LogP contribution >= 0.6 is 0 Å². The summed E-state index contributed by atoms with van der Waals surface area (Å²) in [5.74, 6) is -2.14. The van der Waals surface area contributed by atoms with Gasteiger partial charge in [0.25, 0.3) is 0 Å². The second-order valence-electron chi connectivity index (χ2n) is 3.11. The van der Waals surface area contributed by atoms with Crippen LogP contribution in [-0.4, -0.2) is 34.3 Å². The Morgan fingerprint density at radius 1 is 1.38 bits per heavy atom. The molecule has 1 rings (SSSR count). The van der Waals surface area contributed by atoms with Gasteiger partial charge in [0.2, 0.25) is 11.8 Å². The van der Waals surface area contributed by atoms with Crippen LogP contribution in [-0.2, 0) is 14.4 Å². The van der Waals surface area contributed by atoms with Crippen molar-refractivity contribution in [3.63, 3.8) is 0 Å². The fraction of sp³-hybridized carbons (Fsp3) is 0.625. The fourth-order valence-electron chi connectivity index (χ4n) is 1.03. The fourth-order valence-corrected chi connectivity index (χ4v) is 1.03. The van der Waals surface area contributed by atoms with Crippen LogP contribution in [0.5, 0.6) is 0 Å². The molecule has 0 aromatic carbocycles. The minimum absolute atomic E-state index is 0.122. The minimum atomic E-state index is -1.16. The van der Waals surface area contributed by atoms with Crippen LogP contribution in [0.2, 0.25) is 0 Å². The molecule has 0 unspecified atom stereocenters. The number of carboxylic acids is 1. The zero-order chi connectivity index (χ0) is 10.0. The number of nitrogens with zero attached hydrogens (tertiary/aromatic N) is 1. The highest BCUT2D eigenvalue weighted by atomic mass is 16.4. The van der Waals surface area contributed by atoms with Gasteiger partial charge in [0, 0.05) is 12.8 Å². The standard InChI is InChI=1S/C8H11NO4/c1-5(10)9(4-7(11)12)8(13)6-2-3-6/h6H,2-4H2,1H3,(H,11,12). The first-order chi connectivity index (χ1) is 6.02. The van der Waals surface area contributed by atoms with Crippen molar-refractivity contribution in [1.29, 1.82) is 0 Å². The molecule has 1 N–H and O–H groups in total. The van der Waals surface area contributed by atoms with E-state index in [1.807, 2.05) is 0 Å². The molecule has 1 fully saturated rings. The molecule has 5 nitrogen and oxygen atoms in total. The van der Waals surface area contributed by atoms with Gasteiger partial charge in [0.05, 0.1) is 0 Å². The van der Waals surface area contributed by atoms with Crippen molar-refractivity contribution in [3.8, 4) is 0 Å². The van der Waals surface area contributed by atoms with Gasteiger partial charge in [0.15, 0.2) is 0 Å². The van der Waals surface area contributed by atoms with E-state index in [4.69, 9.17) is 5.11 Å². The number of imide groups is 1. The SMILES string of the molecule is CC(=O)N(CC(=O)O)C(=O)C1CC1. The van der Waals surface area contributed by atoms with Crippen molar-refractivity contribution in [2.24, 2.45) is 5.92 Å². The molecule has 0 heterocycles. The van der Waals surface area contributed by atoms with Crippen molar-refractivity contribution >= 4 is 17.8 Å². The summed E-state index contributed by atoms with van der Waals surface area (Å²) in [6.07, 6.45) is 1.53. The Hall–Kier alpha value is -1.39. The summed E-state index contributed by atoms with van der Waals surface area (Å²) in [7, 11) is 0. The molecule has 0 aliphatic heterocycles. The van der Waals surface area contributed by atoms with Crippen molar-refractivity contribution in [1.82, 2.24) is 4.90 Å². The lowest BCUT2D eigenvalue weighted by atomic mass is 10.3. The number of carbonyl (C=O) groups is 3. The van der Waals surface area contributed by atoms with Crippen molar-refractivity contribution in [3.05, 3.63) is 0 Å². The molecule has 1 saturated carbocycles. The number of hydrogen-bond donors (Lipinski definition) is 1. The van der Waals surface area contributed by atoms with Gasteiger partial charge in [0.1, 0.15) is 6.54 Å². The number of rotatable bonds is 3. The topological polar surface area (TPSA) is 74.7 Å². The molecule has 1 aliphatic rings. The van der Waals surface area contributed by atoms with Crippen molar-refractivity contribution in [2.45, 2.75) is 19.8 Å². The predicted molar refractivity (Wildman–Crippen MR) is 42.8 cm³/mol. The number of carboxylic acid groups (broad SMARTS) is 1. The van der Waals surface area contributed by atoms with E-state index in [-0.39, 0.29) is 11.8 Å². The molecule has 13 heavy (non-hydrogen) atoms. The molecule has 0 saturated heterocycles. The molecule has 0 spiro atoms. The average Bonchev–Trinajstić information content (AvgIpc) is 2.80. The Kier molecular flexibility index (Phi) is 2.65. The van der Waals surface area contributed by atoms with E-state index in [2.05, 4.69) is 0 Å². The zero-order valence-corrected chi connectivity index (χ0v) is 7.32. The van der Waals surface area contributed by atoms with E-state index in [0.717, 1.165) is 17.7 Å². The first kappa shape index (κ1) is 9.70. The first-order valence-corrected chi connectivity index (χ1v) is 4.06. The lowest BCUT2D eigenvalue weighted by molar-refractivity contribution is -0.152. The van der Waals surface area contributed by atoms with Crippen LogP contribution < -0.4 is 0 Å². The maximum absolute atomic E-state index is 11.3. The third kappa shape index (κ3) is 2.54. The molecule has 0 radical (unpaired) electrons. The third-order valence-corrected chi connectivity index (χ3v) is 1.87. The maximum atomic E-state index is 11.3. The molecule has 0 aromatic rings. The Balaban J connectivity index is 2.60. The van der Waals surface area contributed by atoms with Crippen LogP contribution in [0.1, 0.15) is 19.8 Å². The van der Waals surface area contributed by atoms with Crippen LogP contribution in [0.4, 0.5) is 0 Å². The molecular formula is C8H11NO4. The van der Waals surface area contributed by atoms with E-state index in [1.54, 1.807) is 0 Å². The molecule has 0 aromatic heterocycles. The number of aliphatic carboxylic acids is 1. The lowest BCUT2D eigenvalue weighted by Gasteiger charge is -2.15. The van der Waals surface area contributed by atoms with Gasteiger partial charge >= 0.3 is 5.97 Å². The van der Waals surface area contributed by atoms with Gasteiger partial charge in [-0.05, 0) is 12.8 Å². The smallest absolute Gasteiger partial charge is 0.323 e. The van der Waals surface area contributed by atoms with E-state index < -0.39 is 18.4 Å². The van der Waals surface area contributed by atoms with Gasteiger partial charge in [-0.1, -0.05) is 0 Å². The van der Waals surface area contributed by atoms with Gasteiger partial charge in [-0.2, -0.15) is 0 Å². The second-order valence-corrected chi connectivity index (χ2v) is 3.11. The van der Waals surface area contributed by atoms with Gasteiger partial charge < -0.3 is 5.11 Å². The highest BCUT2D eigenvalue weighted by Crippen LogP contribution is 2.30. The Bertz CT molecular complexity index is 257. The van der Waals surface area contributed by atoms with Crippen LogP contribution in [0, 0.1) is 5.92 Å². The normalized spacial score (nSPS) is 15.2. The molecular weight excluding hydrogens is 174 g/mol. The first-order valence-electron chi connectivity index (χ1n) is 4.06. The van der Waals surface area contributed by atoms with Crippen LogP contribution in [0.15, 0.2) is 0 Å². The zero-order valence-electron chi connectivity index (χ0n) is 7.32. The maximum Gasteiger partial charge on any atom is 0.323 e. The number of carbonyl (C=O) groups excluding carboxylic acids is 2. The predicted octanol–water partition coefficient (Wildman–Crippen LogP) is -0.144. The van der Waals surface area contributed by atoms with E-state index >= 15 is 0 Å². The average molecular weight is 185 g/mol. The molecule has 5 heteroatoms. The molecule has 2 amide bonds. The molecule has 1 aliphatic carbocycles. The molecule has 0 atom stereocenters. The van der Waals surface area contributed by atoms with Gasteiger partial charge in [-0.25, -0.2) is 0 Å². The highest BCUT2D eigenvalue weighted by molar-refractivity contribution is 5.98. The van der Waals surface area contributed by atoms with Gasteiger partial charge in [-0.15, -0.1) is 0 Å². The summed E-state index contributed by atoms with van der Waals surface area (Å²) in [5, 5.41) is 8.44. The van der Waals surface area contributed by atoms with Crippen molar-refractivity contribution < 1.29 is 19.5 Å². The van der Waals surface area contributed by atoms with Gasteiger partial charge in [-0.3, -0.25) is 19.3 Å². The summed E-state index contributed by atoms with van der Waals surface area (Å²) in [4.78, 5) is 33.3. The van der Waals surface area contributed by atoms with Crippen LogP contribution in [0.25, 0.3) is 0 Å². The largest absolute Gasteiger partial charge is 0.480 e. The molecule has 0 bridgehead atoms. The summed E-state index contributed by atoms with van der Waals surface area (Å²) in [5.41, 5.74) is 0. The van der Waals surface area contributed by atoms with E-state index in [1.165, 1.54) is 6.92 Å². The van der Waals surface area contributed by atoms with E-state index in [0.29, 0.717) is 0 Å². The summed E-state index contributed by atoms with van der Waals surface area (Å²) in [6.45, 7) is 0.674.